The summed E-state index contributed by atoms with van der Waals surface area (Å²) >= 11 is 8.26. The van der Waals surface area contributed by atoms with E-state index in [1.54, 1.807) is 18.1 Å². The minimum absolute atomic E-state index is 0.0107. The Balaban J connectivity index is 0.000000273. The fourth-order valence-corrected chi connectivity index (χ4v) is 4.76. The second kappa shape index (κ2) is 13.8. The Morgan fingerprint density at radius 3 is 2.55 bits per heavy atom. The molecule has 3 rings (SSSR count). The van der Waals surface area contributed by atoms with E-state index in [9.17, 15) is 14.7 Å². The second-order valence-electron chi connectivity index (χ2n) is 8.77. The molecule has 1 aliphatic heterocycles. The number of ether oxygens (including phenoxy) is 1. The topological polar surface area (TPSA) is 102 Å². The highest BCUT2D eigenvalue weighted by Gasteiger charge is 2.34. The van der Waals surface area contributed by atoms with Crippen molar-refractivity contribution in [1.82, 2.24) is 4.90 Å². The van der Waals surface area contributed by atoms with Crippen LogP contribution in [0, 0.1) is 12.8 Å². The van der Waals surface area contributed by atoms with E-state index in [2.05, 4.69) is 22.4 Å². The number of carbonyl (C=O) groups is 2. The number of methoxy groups -OCH3 is 1. The average Bonchev–Trinajstić information content (AvgIpc) is 3.22. The molecule has 3 N–H and O–H groups in total. The number of aliphatic hydroxyl groups excluding tert-OH is 1. The number of nitrogens with two attached hydrogens (primary N) is 1. The number of rotatable bonds is 6. The van der Waals surface area contributed by atoms with E-state index in [0.29, 0.717) is 23.7 Å². The number of amides is 1. The van der Waals surface area contributed by atoms with Crippen molar-refractivity contribution in [3.05, 3.63) is 28.3 Å². The largest absolute Gasteiger partial charge is 0.525 e. The van der Waals surface area contributed by atoms with Gasteiger partial charge in [-0.05, 0) is 50.2 Å². The van der Waals surface area contributed by atoms with Gasteiger partial charge in [-0.25, -0.2) is 0 Å². The van der Waals surface area contributed by atoms with Crippen molar-refractivity contribution >= 4 is 56.3 Å². The predicted molar refractivity (Wildman–Crippen MR) is 141 cm³/mol. The third kappa shape index (κ3) is 8.60. The molecule has 1 heterocycles. The van der Waals surface area contributed by atoms with Gasteiger partial charge in [-0.2, -0.15) is 0 Å². The fraction of sp³-hybridized carbons (Fsp3) is 0.652. The molecule has 0 aromatic heterocycles. The number of carbonyl (C=O) groups excluding carboxylic acids is 2. The maximum absolute atomic E-state index is 12.5. The van der Waals surface area contributed by atoms with Crippen LogP contribution < -0.4 is 5.73 Å². The number of halogens is 2. The molecule has 2 aliphatic rings. The van der Waals surface area contributed by atoms with Crippen LogP contribution in [-0.2, 0) is 25.4 Å². The van der Waals surface area contributed by atoms with Gasteiger partial charge < -0.3 is 25.1 Å². The van der Waals surface area contributed by atoms with Gasteiger partial charge in [0, 0.05) is 24.4 Å². The smallest absolute Gasteiger partial charge is 0.428 e. The lowest BCUT2D eigenvalue weighted by molar-refractivity contribution is -0.140. The number of nitrogen functional groups attached to an aromatic ring is 1. The third-order valence-electron chi connectivity index (χ3n) is 6.23. The molecule has 2 atom stereocenters. The first-order valence-electron chi connectivity index (χ1n) is 11.5. The zero-order valence-corrected chi connectivity index (χ0v) is 22.6. The number of nitrogens with zero attached hydrogens (tertiary/aromatic N) is 1. The minimum Gasteiger partial charge on any atom is -0.525 e. The van der Waals surface area contributed by atoms with E-state index in [4.69, 9.17) is 26.7 Å². The van der Waals surface area contributed by atoms with Gasteiger partial charge >= 0.3 is 4.77 Å². The molecule has 10 heteroatoms. The quantitative estimate of drug-likeness (QED) is 0.294. The molecular formula is C23H35BClIN2O5. The van der Waals surface area contributed by atoms with Crippen molar-refractivity contribution in [1.29, 1.82) is 0 Å². The SMILES string of the molecule is CB(I)OC(=O)C1CCCCC1.CO[C@H]1CC(CO)N(C(=O)Cc2cc(C)c(N)cc2Cl)C1. The lowest BCUT2D eigenvalue weighted by atomic mass is 9.89. The molecule has 0 radical (unpaired) electrons. The van der Waals surface area contributed by atoms with Gasteiger partial charge in [0.05, 0.1) is 31.1 Å². The summed E-state index contributed by atoms with van der Waals surface area (Å²) in [5.74, 6) is 0.146. The Kier molecular flexibility index (Phi) is 11.8. The highest BCUT2D eigenvalue weighted by molar-refractivity contribution is 14.1. The summed E-state index contributed by atoms with van der Waals surface area (Å²) in [5.41, 5.74) is 8.06. The van der Waals surface area contributed by atoms with Crippen LogP contribution in [0.15, 0.2) is 12.1 Å². The average molecular weight is 593 g/mol. The number of anilines is 1. The monoisotopic (exact) mass is 592 g/mol. The third-order valence-corrected chi connectivity index (χ3v) is 6.84. The molecule has 1 aromatic carbocycles. The van der Waals surface area contributed by atoms with Crippen molar-refractivity contribution in [3.8, 4) is 0 Å². The summed E-state index contributed by atoms with van der Waals surface area (Å²) in [6.45, 7) is 4.22. The summed E-state index contributed by atoms with van der Waals surface area (Å²) in [4.78, 5) is 25.5. The normalized spacial score (nSPS) is 20.7. The summed E-state index contributed by atoms with van der Waals surface area (Å²) in [6.07, 6.45) is 6.56. The first-order chi connectivity index (χ1) is 15.7. The molecule has 7 nitrogen and oxygen atoms in total. The first kappa shape index (κ1) is 28.2. The number of hydrogen-bond donors (Lipinski definition) is 2. The fourth-order valence-electron chi connectivity index (χ4n) is 4.27. The van der Waals surface area contributed by atoms with Gasteiger partial charge in [0.25, 0.3) is 5.97 Å². The molecule has 184 valence electrons. The molecule has 1 amide bonds. The Morgan fingerprint density at radius 2 is 1.97 bits per heavy atom. The number of aliphatic hydroxyl groups is 1. The van der Waals surface area contributed by atoms with Gasteiger partial charge in [0.2, 0.25) is 5.91 Å². The highest BCUT2D eigenvalue weighted by Crippen LogP contribution is 2.26. The van der Waals surface area contributed by atoms with Crippen LogP contribution in [0.1, 0.15) is 49.7 Å². The van der Waals surface area contributed by atoms with Gasteiger partial charge in [0.15, 0.2) is 0 Å². The maximum atomic E-state index is 12.5. The van der Waals surface area contributed by atoms with Crippen LogP contribution in [0.4, 0.5) is 5.69 Å². The maximum Gasteiger partial charge on any atom is 0.428 e. The lowest BCUT2D eigenvalue weighted by Crippen LogP contribution is -2.39. The van der Waals surface area contributed by atoms with Gasteiger partial charge in [-0.1, -0.05) is 59.3 Å². The van der Waals surface area contributed by atoms with Crippen LogP contribution in [0.3, 0.4) is 0 Å². The van der Waals surface area contributed by atoms with E-state index in [-0.39, 0.29) is 47.7 Å². The first-order valence-corrected chi connectivity index (χ1v) is 13.1. The van der Waals surface area contributed by atoms with Crippen molar-refractivity contribution in [2.45, 2.75) is 70.8 Å². The van der Waals surface area contributed by atoms with E-state index in [1.807, 2.05) is 19.8 Å². The van der Waals surface area contributed by atoms with Gasteiger partial charge in [0.1, 0.15) is 0 Å². The number of aryl methyl sites for hydroxylation is 1. The molecule has 1 saturated heterocycles. The van der Waals surface area contributed by atoms with Crippen LogP contribution >= 0.6 is 34.0 Å². The van der Waals surface area contributed by atoms with Crippen molar-refractivity contribution < 1.29 is 24.1 Å². The van der Waals surface area contributed by atoms with E-state index >= 15 is 0 Å². The second-order valence-corrected chi connectivity index (χ2v) is 10.9. The van der Waals surface area contributed by atoms with Crippen LogP contribution in [0.25, 0.3) is 0 Å². The number of hydrogen-bond acceptors (Lipinski definition) is 6. The Hall–Kier alpha value is -1.04. The molecule has 0 spiro atoms. The van der Waals surface area contributed by atoms with Gasteiger partial charge in [-0.3, -0.25) is 9.59 Å². The van der Waals surface area contributed by atoms with Crippen molar-refractivity contribution in [2.75, 3.05) is 26.0 Å². The van der Waals surface area contributed by atoms with Crippen LogP contribution in [0.2, 0.25) is 11.8 Å². The number of likely N-dealkylation sites (tertiary alicyclic amines) is 1. The summed E-state index contributed by atoms with van der Waals surface area (Å²) in [5, 5.41) is 9.90. The molecule has 1 aromatic rings. The molecule has 33 heavy (non-hydrogen) atoms. The number of benzene rings is 1. The highest BCUT2D eigenvalue weighted by atomic mass is 127. The lowest BCUT2D eigenvalue weighted by Gasteiger charge is -2.23. The van der Waals surface area contributed by atoms with E-state index in [1.165, 1.54) is 19.3 Å². The molecule has 2 fully saturated rings. The summed E-state index contributed by atoms with van der Waals surface area (Å²) in [6, 6.07) is 3.33. The van der Waals surface area contributed by atoms with E-state index < -0.39 is 0 Å². The predicted octanol–water partition coefficient (Wildman–Crippen LogP) is 4.04. The van der Waals surface area contributed by atoms with Crippen LogP contribution in [-0.4, -0.2) is 59.1 Å². The Bertz CT molecular complexity index is 807. The minimum atomic E-state index is -0.184. The Morgan fingerprint density at radius 1 is 1.30 bits per heavy atom. The zero-order valence-electron chi connectivity index (χ0n) is 19.7. The zero-order chi connectivity index (χ0) is 24.5. The summed E-state index contributed by atoms with van der Waals surface area (Å²) < 4.78 is 10.4. The standard InChI is InChI=1S/C15H21ClN2O3.C8H14BIO2/c1-9-3-10(13(16)6-14(9)17)4-15(20)18-7-12(21-2)5-11(18)8-19;1-9(10)12-8(11)7-5-3-2-4-6-7/h3,6,11-12,19H,4-5,7-8,17H2,1-2H3;7H,2-6H2,1H3/t11?,12-;/m0./s1. The van der Waals surface area contributed by atoms with Crippen molar-refractivity contribution in [2.24, 2.45) is 5.92 Å². The molecule has 1 saturated carbocycles. The molecular weight excluding hydrogens is 557 g/mol. The summed E-state index contributed by atoms with van der Waals surface area (Å²) in [7, 11) is 1.62. The molecule has 1 aliphatic carbocycles. The van der Waals surface area contributed by atoms with Gasteiger partial charge in [-0.15, -0.1) is 0 Å². The molecule has 1 unspecified atom stereocenters. The van der Waals surface area contributed by atoms with Crippen LogP contribution in [0.5, 0.6) is 0 Å². The molecule has 0 bridgehead atoms. The van der Waals surface area contributed by atoms with E-state index in [0.717, 1.165) is 24.0 Å². The van der Waals surface area contributed by atoms with Crippen molar-refractivity contribution in [3.63, 3.8) is 0 Å². The Labute approximate surface area is 215 Å².